The van der Waals surface area contributed by atoms with E-state index in [2.05, 4.69) is 5.32 Å². The fourth-order valence-electron chi connectivity index (χ4n) is 6.90. The summed E-state index contributed by atoms with van der Waals surface area (Å²) in [6.45, 7) is 2.58. The molecule has 0 radical (unpaired) electrons. The number of likely N-dealkylation sites (N-methyl/N-ethyl adjacent to an activating group) is 1. The number of nitrogens with two attached hydrogens (primary N) is 1. The van der Waals surface area contributed by atoms with E-state index in [-0.39, 0.29) is 17.9 Å². The van der Waals surface area contributed by atoms with Crippen LogP contribution in [0.25, 0.3) is 5.76 Å². The number of aliphatic hydroxyl groups excluding tert-OH is 3. The Balaban J connectivity index is 1.57. The van der Waals surface area contributed by atoms with Crippen molar-refractivity contribution in [3.8, 4) is 5.75 Å². The minimum atomic E-state index is -2.93. The lowest BCUT2D eigenvalue weighted by Gasteiger charge is -2.53. The fraction of sp³-hybridized carbons (Fsp3) is 0.387. The lowest BCUT2D eigenvalue weighted by atomic mass is 9.54. The number of phenols is 1. The number of aliphatic hydroxyl groups is 4. The van der Waals surface area contributed by atoms with Crippen LogP contribution in [-0.4, -0.2) is 86.3 Å². The molecule has 2 aromatic carbocycles. The number of nitrogens with one attached hydrogen (secondary N) is 1. The molecule has 11 nitrogen and oxygen atoms in total. The molecule has 0 unspecified atom stereocenters. The van der Waals surface area contributed by atoms with E-state index < -0.39 is 75.6 Å². The Hall–Kier alpha value is -4.03. The SMILES string of the molecule is C[C@@H]1c2ccc(CNCCc3ccccc3)c(O)c2C(O)=C2C(=O)[C@@]3(O)C(O)=C(C(N)=O)C(=O)[C@H](N(C)C)[C@H]3[C@H](O)[C@H]21. The summed E-state index contributed by atoms with van der Waals surface area (Å²) >= 11 is 0. The lowest BCUT2D eigenvalue weighted by molar-refractivity contribution is -0.169. The number of amides is 1. The van der Waals surface area contributed by atoms with Crippen molar-refractivity contribution in [3.63, 3.8) is 0 Å². The Morgan fingerprint density at radius 3 is 2.36 bits per heavy atom. The second kappa shape index (κ2) is 10.7. The molecule has 42 heavy (non-hydrogen) atoms. The normalized spacial score (nSPS) is 29.0. The predicted molar refractivity (Wildman–Crippen MR) is 152 cm³/mol. The van der Waals surface area contributed by atoms with Crippen molar-refractivity contribution in [2.24, 2.45) is 17.6 Å². The quantitative estimate of drug-likeness (QED) is 0.183. The Labute approximate surface area is 242 Å². The Morgan fingerprint density at radius 1 is 1.07 bits per heavy atom. The zero-order valence-electron chi connectivity index (χ0n) is 23.5. The van der Waals surface area contributed by atoms with Gasteiger partial charge in [-0.3, -0.25) is 19.3 Å². The van der Waals surface area contributed by atoms with Gasteiger partial charge in [-0.25, -0.2) is 0 Å². The number of hydrogen-bond donors (Lipinski definition) is 7. The topological polar surface area (TPSA) is 194 Å². The first kappa shape index (κ1) is 29.5. The molecule has 3 aliphatic carbocycles. The van der Waals surface area contributed by atoms with E-state index in [9.17, 15) is 39.9 Å². The molecule has 0 bridgehead atoms. The van der Waals surface area contributed by atoms with E-state index in [1.54, 1.807) is 19.1 Å². The van der Waals surface area contributed by atoms with Gasteiger partial charge in [0.15, 0.2) is 11.4 Å². The smallest absolute Gasteiger partial charge is 0.255 e. The van der Waals surface area contributed by atoms with Crippen molar-refractivity contribution in [1.82, 2.24) is 10.2 Å². The summed E-state index contributed by atoms with van der Waals surface area (Å²) in [4.78, 5) is 40.8. The van der Waals surface area contributed by atoms with Crippen LogP contribution in [0.2, 0.25) is 0 Å². The van der Waals surface area contributed by atoms with Crippen LogP contribution in [0.15, 0.2) is 59.4 Å². The highest BCUT2D eigenvalue weighted by Gasteiger charge is 2.68. The van der Waals surface area contributed by atoms with Gasteiger partial charge in [0.25, 0.3) is 5.91 Å². The number of Topliss-reactive ketones (excluding diaryl/α,β-unsaturated/α-hetero) is 2. The maximum absolute atomic E-state index is 14.1. The molecule has 5 rings (SSSR count). The summed E-state index contributed by atoms with van der Waals surface area (Å²) in [7, 11) is 2.94. The fourth-order valence-corrected chi connectivity index (χ4v) is 6.90. The van der Waals surface area contributed by atoms with Crippen LogP contribution in [0.4, 0.5) is 0 Å². The maximum Gasteiger partial charge on any atom is 0.255 e. The van der Waals surface area contributed by atoms with Gasteiger partial charge >= 0.3 is 0 Å². The highest BCUT2D eigenvalue weighted by Crippen LogP contribution is 2.56. The molecular weight excluding hydrogens is 542 g/mol. The molecule has 8 N–H and O–H groups in total. The number of nitrogens with zero attached hydrogens (tertiary/aromatic N) is 1. The van der Waals surface area contributed by atoms with E-state index in [4.69, 9.17) is 5.73 Å². The van der Waals surface area contributed by atoms with Crippen molar-refractivity contribution < 1.29 is 39.9 Å². The van der Waals surface area contributed by atoms with Gasteiger partial charge in [-0.05, 0) is 44.1 Å². The monoisotopic (exact) mass is 577 g/mol. The van der Waals surface area contributed by atoms with Gasteiger partial charge in [0.2, 0.25) is 5.78 Å². The molecule has 222 valence electrons. The van der Waals surface area contributed by atoms with E-state index >= 15 is 0 Å². The van der Waals surface area contributed by atoms with Crippen molar-refractivity contribution in [2.75, 3.05) is 20.6 Å². The van der Waals surface area contributed by atoms with Gasteiger partial charge in [0.1, 0.15) is 22.8 Å². The highest BCUT2D eigenvalue weighted by molar-refractivity contribution is 6.24. The Bertz CT molecular complexity index is 1530. The number of carbonyl (C=O) groups is 3. The molecular formula is C31H35N3O8. The summed E-state index contributed by atoms with van der Waals surface area (Å²) in [6, 6.07) is 11.9. The molecule has 1 fully saturated rings. The zero-order chi connectivity index (χ0) is 30.7. The molecule has 0 saturated heterocycles. The van der Waals surface area contributed by atoms with Crippen molar-refractivity contribution >= 4 is 23.2 Å². The van der Waals surface area contributed by atoms with Crippen LogP contribution in [0.3, 0.4) is 0 Å². The number of hydrogen-bond acceptors (Lipinski definition) is 10. The molecule has 0 spiro atoms. The number of primary amides is 1. The van der Waals surface area contributed by atoms with Crippen molar-refractivity contribution in [1.29, 1.82) is 0 Å². The summed E-state index contributed by atoms with van der Waals surface area (Å²) in [5, 5.41) is 60.4. The van der Waals surface area contributed by atoms with Gasteiger partial charge in [-0.15, -0.1) is 0 Å². The molecule has 11 heteroatoms. The second-order valence-electron chi connectivity index (χ2n) is 11.5. The maximum atomic E-state index is 14.1. The number of carbonyl (C=O) groups excluding carboxylic acids is 3. The molecule has 3 aliphatic rings. The molecule has 6 atom stereocenters. The van der Waals surface area contributed by atoms with E-state index in [1.807, 2.05) is 30.3 Å². The Morgan fingerprint density at radius 2 is 1.74 bits per heavy atom. The van der Waals surface area contributed by atoms with Crippen molar-refractivity contribution in [2.45, 2.75) is 43.6 Å². The summed E-state index contributed by atoms with van der Waals surface area (Å²) in [5.74, 6) is -8.97. The van der Waals surface area contributed by atoms with Crippen LogP contribution in [0.5, 0.6) is 5.75 Å². The van der Waals surface area contributed by atoms with E-state index in [0.717, 1.165) is 12.0 Å². The third-order valence-electron chi connectivity index (χ3n) is 8.96. The van der Waals surface area contributed by atoms with Crippen LogP contribution >= 0.6 is 0 Å². The van der Waals surface area contributed by atoms with Crippen LogP contribution in [0, 0.1) is 11.8 Å². The average Bonchev–Trinajstić information content (AvgIpc) is 2.94. The number of phenolic OH excluding ortho intramolecular Hbond substituents is 1. The molecule has 2 aromatic rings. The predicted octanol–water partition coefficient (Wildman–Crippen LogP) is 0.828. The minimum absolute atomic E-state index is 0.0200. The number of ketones is 2. The second-order valence-corrected chi connectivity index (χ2v) is 11.5. The van der Waals surface area contributed by atoms with Gasteiger partial charge in [-0.1, -0.05) is 49.4 Å². The number of benzene rings is 2. The standard InChI is InChI=1S/C31H35N3O8/c1-14-17-10-9-16(13-33-12-11-15-7-5-4-6-8-15)24(35)19(17)25(36)20-18(14)26(37)22-23(34(2)3)27(38)21(30(32)41)29(40)31(22,42)28(20)39/h4-10,14,18,22-23,26,33,35-37,40,42H,11-13H2,1-3H3,(H2,32,41)/t14-,18+,22+,23-,26-,31-/m1/s1. The number of aromatic hydroxyl groups is 1. The lowest BCUT2D eigenvalue weighted by Crippen LogP contribution is -2.70. The van der Waals surface area contributed by atoms with Gasteiger partial charge < -0.3 is 36.6 Å². The molecule has 1 amide bonds. The first-order valence-corrected chi connectivity index (χ1v) is 13.8. The van der Waals surface area contributed by atoms with Crippen molar-refractivity contribution in [3.05, 3.63) is 81.6 Å². The number of fused-ring (bicyclic) bond motifs is 3. The Kier molecular flexibility index (Phi) is 7.48. The third-order valence-corrected chi connectivity index (χ3v) is 8.96. The average molecular weight is 578 g/mol. The van der Waals surface area contributed by atoms with Crippen LogP contribution in [0.1, 0.15) is 35.1 Å². The largest absolute Gasteiger partial charge is 0.508 e. The summed E-state index contributed by atoms with van der Waals surface area (Å²) < 4.78 is 0. The van der Waals surface area contributed by atoms with E-state index in [0.29, 0.717) is 17.7 Å². The van der Waals surface area contributed by atoms with Gasteiger partial charge in [-0.2, -0.15) is 0 Å². The zero-order valence-corrected chi connectivity index (χ0v) is 23.5. The van der Waals surface area contributed by atoms with Crippen LogP contribution < -0.4 is 11.1 Å². The first-order chi connectivity index (χ1) is 19.8. The molecule has 0 heterocycles. The van der Waals surface area contributed by atoms with Crippen LogP contribution in [-0.2, 0) is 27.3 Å². The van der Waals surface area contributed by atoms with Gasteiger partial charge in [0.05, 0.1) is 23.6 Å². The number of rotatable bonds is 7. The third kappa shape index (κ3) is 4.23. The highest BCUT2D eigenvalue weighted by atomic mass is 16.4. The summed E-state index contributed by atoms with van der Waals surface area (Å²) in [6.07, 6.45) is -0.865. The first-order valence-electron chi connectivity index (χ1n) is 13.8. The van der Waals surface area contributed by atoms with E-state index in [1.165, 1.54) is 19.0 Å². The molecule has 1 saturated carbocycles. The summed E-state index contributed by atoms with van der Waals surface area (Å²) in [5.41, 5.74) is 3.11. The minimum Gasteiger partial charge on any atom is -0.508 e. The molecule has 0 aliphatic heterocycles. The van der Waals surface area contributed by atoms with Gasteiger partial charge in [0, 0.05) is 23.6 Å². The molecule has 0 aromatic heterocycles.